The molecule has 0 saturated carbocycles. The van der Waals surface area contributed by atoms with Crippen LogP contribution in [0, 0.1) is 0 Å². The molecule has 0 heterocycles. The zero-order valence-corrected chi connectivity index (χ0v) is 16.9. The number of carbonyl (C=O) groups is 1. The van der Waals surface area contributed by atoms with E-state index >= 15 is 0 Å². The molecule has 0 atom stereocenters. The third-order valence-electron chi connectivity index (χ3n) is 3.39. The average Bonchev–Trinajstić information content (AvgIpc) is 2.47. The number of nitrogens with one attached hydrogen (secondary N) is 1. The molecule has 0 saturated heterocycles. The first-order chi connectivity index (χ1) is 14.4. The Bertz CT molecular complexity index is 946. The summed E-state index contributed by atoms with van der Waals surface area (Å²) < 4.78 is 238. The Morgan fingerprint density at radius 3 is 1.26 bits per heavy atom. The summed E-state index contributed by atoms with van der Waals surface area (Å²) in [5.74, 6) is -11.0. The van der Waals surface area contributed by atoms with E-state index in [1.165, 1.54) is 0 Å². The third-order valence-corrected chi connectivity index (χ3v) is 7.00. The minimum absolute atomic E-state index is 0.416. The van der Waals surface area contributed by atoms with Crippen LogP contribution in [-0.4, -0.2) is 63.0 Å². The van der Waals surface area contributed by atoms with Crippen LogP contribution in [0.5, 0.6) is 0 Å². The molecule has 34 heavy (non-hydrogen) atoms. The summed E-state index contributed by atoms with van der Waals surface area (Å²) in [7, 11) is -15.7. The van der Waals surface area contributed by atoms with E-state index in [0.29, 0.717) is 0 Å². The van der Waals surface area contributed by atoms with Crippen LogP contribution in [-0.2, 0) is 24.7 Å². The van der Waals surface area contributed by atoms with Crippen LogP contribution in [0.2, 0.25) is 0 Å². The molecule has 0 fully saturated rings. The molecule has 1 amide bonds. The van der Waals surface area contributed by atoms with Gasteiger partial charge in [-0.05, 0) is 0 Å². The molecule has 1 N–H and O–H groups in total. The van der Waals surface area contributed by atoms with E-state index in [4.69, 9.17) is 0 Å². The fourth-order valence-electron chi connectivity index (χ4n) is 1.97. The fourth-order valence-corrected chi connectivity index (χ4v) is 4.72. The summed E-state index contributed by atoms with van der Waals surface area (Å²) >= 11 is 0. The lowest BCUT2D eigenvalue weighted by atomic mass is 10.2. The quantitative estimate of drug-likeness (QED) is 0.416. The number of amides is 1. The van der Waals surface area contributed by atoms with Crippen LogP contribution in [0.3, 0.4) is 0 Å². The number of alkyl halides is 15. The maximum absolute atomic E-state index is 13.9. The molecule has 0 aromatic carbocycles. The molecule has 0 aromatic heterocycles. The summed E-state index contributed by atoms with van der Waals surface area (Å²) in [6.45, 7) is 0. The Labute approximate surface area is 178 Å². The van der Waals surface area contributed by atoms with Crippen LogP contribution in [0.1, 0.15) is 19.3 Å². The van der Waals surface area contributed by atoms with Gasteiger partial charge in [0.25, 0.3) is 0 Å². The van der Waals surface area contributed by atoms with Crippen molar-refractivity contribution < 1.29 is 87.5 Å². The molecule has 0 radical (unpaired) electrons. The summed E-state index contributed by atoms with van der Waals surface area (Å²) in [6, 6.07) is 0. The standard InChI is InChI=1S/C11H8F15NO5S2/c12-6(13,14)1-4(2-7(15,16)17)33(29,30)10(23,24)9(21,22)11(25,26)34(31,32)27-5(28)3-8(18,19)20/h4H,1-3H2,(H,27,28). The highest BCUT2D eigenvalue weighted by atomic mass is 32.2. The normalized spacial score (nSPS) is 15.5. The molecule has 0 aliphatic heterocycles. The smallest absolute Gasteiger partial charge is 0.274 e. The van der Waals surface area contributed by atoms with Crippen molar-refractivity contribution in [1.82, 2.24) is 4.72 Å². The number of hydrogen-bond acceptors (Lipinski definition) is 5. The van der Waals surface area contributed by atoms with Gasteiger partial charge in [-0.25, -0.2) is 13.1 Å². The Hall–Kier alpha value is -1.68. The minimum atomic E-state index is -7.99. The first-order valence-electron chi connectivity index (χ1n) is 7.53. The van der Waals surface area contributed by atoms with E-state index in [1.807, 2.05) is 0 Å². The van der Waals surface area contributed by atoms with Gasteiger partial charge in [-0.15, -0.1) is 0 Å². The van der Waals surface area contributed by atoms with Gasteiger partial charge in [0.15, 0.2) is 0 Å². The van der Waals surface area contributed by atoms with Gasteiger partial charge in [0, 0.05) is 0 Å². The number of halogens is 15. The van der Waals surface area contributed by atoms with Gasteiger partial charge in [0.1, 0.15) is 6.42 Å². The SMILES string of the molecule is O=C(CC(F)(F)F)NS(=O)(=O)C(F)(F)C(F)(F)C(F)(F)S(=O)(=O)C(CC(F)(F)F)CC(F)(F)F. The van der Waals surface area contributed by atoms with Crippen molar-refractivity contribution in [3.05, 3.63) is 0 Å². The van der Waals surface area contributed by atoms with Gasteiger partial charge >= 0.3 is 45.0 Å². The molecule has 0 aromatic rings. The maximum atomic E-state index is 13.9. The molecule has 23 heteroatoms. The number of carbonyl (C=O) groups excluding carboxylic acids is 1. The highest BCUT2D eigenvalue weighted by Crippen LogP contribution is 2.53. The summed E-state index contributed by atoms with van der Waals surface area (Å²) in [6.07, 6.45) is -27.7. The Morgan fingerprint density at radius 2 is 0.971 bits per heavy atom. The first-order valence-corrected chi connectivity index (χ1v) is 10.6. The van der Waals surface area contributed by atoms with Crippen molar-refractivity contribution in [2.45, 2.75) is 59.5 Å². The highest BCUT2D eigenvalue weighted by Gasteiger charge is 2.83. The van der Waals surface area contributed by atoms with Gasteiger partial charge in [-0.1, -0.05) is 0 Å². The van der Waals surface area contributed by atoms with E-state index in [-0.39, 0.29) is 0 Å². The fraction of sp³-hybridized carbons (Fsp3) is 0.909. The van der Waals surface area contributed by atoms with Gasteiger partial charge in [-0.2, -0.15) is 74.3 Å². The van der Waals surface area contributed by atoms with Crippen LogP contribution < -0.4 is 4.72 Å². The number of rotatable bonds is 9. The van der Waals surface area contributed by atoms with E-state index in [1.54, 1.807) is 0 Å². The summed E-state index contributed by atoms with van der Waals surface area (Å²) in [4.78, 5) is 10.8. The Kier molecular flexibility index (Phi) is 8.63. The van der Waals surface area contributed by atoms with Crippen LogP contribution in [0.4, 0.5) is 65.9 Å². The largest absolute Gasteiger partial charge is 0.433 e. The second-order valence-corrected chi connectivity index (χ2v) is 10.2. The molecule has 0 rings (SSSR count). The van der Waals surface area contributed by atoms with Crippen LogP contribution in [0.25, 0.3) is 0 Å². The van der Waals surface area contributed by atoms with Gasteiger partial charge < -0.3 is 0 Å². The minimum Gasteiger partial charge on any atom is -0.274 e. The Balaban J connectivity index is 6.56. The summed E-state index contributed by atoms with van der Waals surface area (Å²) in [5, 5.41) is -19.9. The highest BCUT2D eigenvalue weighted by molar-refractivity contribution is 7.93. The molecule has 0 bridgehead atoms. The molecule has 0 aliphatic carbocycles. The molecule has 0 unspecified atom stereocenters. The number of sulfone groups is 1. The van der Waals surface area contributed by atoms with Crippen molar-refractivity contribution >= 4 is 25.8 Å². The predicted octanol–water partition coefficient (Wildman–Crippen LogP) is 3.89. The first kappa shape index (κ1) is 32.3. The molecule has 204 valence electrons. The lowest BCUT2D eigenvalue weighted by molar-refractivity contribution is -0.244. The predicted molar refractivity (Wildman–Crippen MR) is 76.6 cm³/mol. The van der Waals surface area contributed by atoms with Gasteiger partial charge in [0.2, 0.25) is 15.7 Å². The van der Waals surface area contributed by atoms with Crippen molar-refractivity contribution in [3.63, 3.8) is 0 Å². The van der Waals surface area contributed by atoms with Crippen molar-refractivity contribution in [1.29, 1.82) is 0 Å². The zero-order valence-electron chi connectivity index (χ0n) is 15.2. The van der Waals surface area contributed by atoms with Crippen molar-refractivity contribution in [2.75, 3.05) is 0 Å². The average molecular weight is 583 g/mol. The third kappa shape index (κ3) is 7.16. The van der Waals surface area contributed by atoms with Crippen LogP contribution >= 0.6 is 0 Å². The van der Waals surface area contributed by atoms with Gasteiger partial charge in [-0.3, -0.25) is 4.79 Å². The van der Waals surface area contributed by atoms with Gasteiger partial charge in [0.05, 0.1) is 18.1 Å². The second-order valence-electron chi connectivity index (χ2n) is 6.23. The van der Waals surface area contributed by atoms with E-state index in [0.717, 1.165) is 0 Å². The number of sulfonamides is 1. The van der Waals surface area contributed by atoms with Crippen LogP contribution in [0.15, 0.2) is 0 Å². The maximum Gasteiger partial charge on any atom is 0.433 e. The molecular formula is C11H8F15NO5S2. The van der Waals surface area contributed by atoms with E-state index < -0.39 is 90.0 Å². The lowest BCUT2D eigenvalue weighted by Crippen LogP contribution is -2.64. The zero-order chi connectivity index (χ0) is 28.0. The van der Waals surface area contributed by atoms with Crippen molar-refractivity contribution in [3.8, 4) is 0 Å². The van der Waals surface area contributed by atoms with Crippen molar-refractivity contribution in [2.24, 2.45) is 0 Å². The molecule has 6 nitrogen and oxygen atoms in total. The second kappa shape index (κ2) is 9.08. The topological polar surface area (TPSA) is 97.4 Å². The van der Waals surface area contributed by atoms with E-state index in [9.17, 15) is 87.5 Å². The summed E-state index contributed by atoms with van der Waals surface area (Å²) in [5.41, 5.74) is 0. The number of hydrogen-bond donors (Lipinski definition) is 1. The monoisotopic (exact) mass is 583 g/mol. The lowest BCUT2D eigenvalue weighted by Gasteiger charge is -2.34. The van der Waals surface area contributed by atoms with E-state index in [2.05, 4.69) is 0 Å². The molecule has 0 spiro atoms. The molecule has 0 aliphatic rings. The Morgan fingerprint density at radius 1 is 0.618 bits per heavy atom. The molecular weight excluding hydrogens is 575 g/mol.